The van der Waals surface area contributed by atoms with Crippen LogP contribution in [0.25, 0.3) is 10.9 Å². The second-order valence-corrected chi connectivity index (χ2v) is 10.7. The van der Waals surface area contributed by atoms with Crippen molar-refractivity contribution in [3.05, 3.63) is 105 Å². The number of nitrogens with one attached hydrogen (secondary N) is 1. The lowest BCUT2D eigenvalue weighted by atomic mass is 10.1. The molecule has 0 aliphatic heterocycles. The highest BCUT2D eigenvalue weighted by molar-refractivity contribution is 6.42. The number of H-pyrrole nitrogens is 1. The molecule has 0 bridgehead atoms. The van der Waals surface area contributed by atoms with Crippen LogP contribution in [0.2, 0.25) is 15.1 Å². The fourth-order valence-electron chi connectivity index (χ4n) is 4.64. The number of halogens is 3. The summed E-state index contributed by atoms with van der Waals surface area (Å²) in [6.45, 7) is 2.16. The SMILES string of the molecule is O=C(CN(Cc1cccc(Cl)c1)C1CC1)N(CCc1c[nH]c2ccccc12)Cc1ccc(Cl)c(Cl)c1. The van der Waals surface area contributed by atoms with Crippen LogP contribution in [0.1, 0.15) is 29.5 Å². The number of benzene rings is 3. The maximum absolute atomic E-state index is 13.7. The quantitative estimate of drug-likeness (QED) is 0.228. The molecule has 1 heterocycles. The first-order valence-corrected chi connectivity index (χ1v) is 13.3. The van der Waals surface area contributed by atoms with Gasteiger partial charge in [0.05, 0.1) is 16.6 Å². The summed E-state index contributed by atoms with van der Waals surface area (Å²) in [4.78, 5) is 21.3. The van der Waals surface area contributed by atoms with Crippen molar-refractivity contribution in [2.24, 2.45) is 0 Å². The number of carbonyl (C=O) groups is 1. The van der Waals surface area contributed by atoms with Gasteiger partial charge in [0.2, 0.25) is 5.91 Å². The van der Waals surface area contributed by atoms with Crippen molar-refractivity contribution in [2.75, 3.05) is 13.1 Å². The second-order valence-electron chi connectivity index (χ2n) is 9.44. The van der Waals surface area contributed by atoms with E-state index in [1.807, 2.05) is 53.6 Å². The summed E-state index contributed by atoms with van der Waals surface area (Å²) in [5.41, 5.74) is 4.40. The van der Waals surface area contributed by atoms with Crippen LogP contribution in [0.15, 0.2) is 72.9 Å². The summed E-state index contributed by atoms with van der Waals surface area (Å²) in [5, 5.41) is 2.92. The zero-order chi connectivity index (χ0) is 25.1. The van der Waals surface area contributed by atoms with E-state index in [9.17, 15) is 4.79 Å². The summed E-state index contributed by atoms with van der Waals surface area (Å²) < 4.78 is 0. The predicted octanol–water partition coefficient (Wildman–Crippen LogP) is 7.36. The Morgan fingerprint density at radius 2 is 1.69 bits per heavy atom. The molecular formula is C29H28Cl3N3O. The van der Waals surface area contributed by atoms with Crippen LogP contribution in [-0.4, -0.2) is 39.8 Å². The number of hydrogen-bond acceptors (Lipinski definition) is 2. The second kappa shape index (κ2) is 11.3. The van der Waals surface area contributed by atoms with E-state index in [1.165, 1.54) is 10.9 Å². The molecule has 1 aliphatic carbocycles. The van der Waals surface area contributed by atoms with Crippen molar-refractivity contribution in [3.63, 3.8) is 0 Å². The highest BCUT2D eigenvalue weighted by Gasteiger charge is 2.31. The normalized spacial score (nSPS) is 13.4. The Kier molecular flexibility index (Phi) is 7.87. The molecule has 1 amide bonds. The predicted molar refractivity (Wildman–Crippen MR) is 149 cm³/mol. The molecule has 36 heavy (non-hydrogen) atoms. The molecule has 1 aromatic heterocycles. The monoisotopic (exact) mass is 539 g/mol. The van der Waals surface area contributed by atoms with E-state index < -0.39 is 0 Å². The zero-order valence-corrected chi connectivity index (χ0v) is 22.2. The van der Waals surface area contributed by atoms with Crippen molar-refractivity contribution in [1.29, 1.82) is 0 Å². The van der Waals surface area contributed by atoms with E-state index in [1.54, 1.807) is 6.07 Å². The molecule has 0 radical (unpaired) electrons. The summed E-state index contributed by atoms with van der Waals surface area (Å²) in [7, 11) is 0. The van der Waals surface area contributed by atoms with Gasteiger partial charge in [0, 0.05) is 47.8 Å². The number of amides is 1. The average Bonchev–Trinajstić information content (AvgIpc) is 3.64. The van der Waals surface area contributed by atoms with Crippen LogP contribution in [0.3, 0.4) is 0 Å². The summed E-state index contributed by atoms with van der Waals surface area (Å²) in [6.07, 6.45) is 5.04. The van der Waals surface area contributed by atoms with Gasteiger partial charge >= 0.3 is 0 Å². The summed E-state index contributed by atoms with van der Waals surface area (Å²) in [5.74, 6) is 0.106. The fourth-order valence-corrected chi connectivity index (χ4v) is 5.18. The summed E-state index contributed by atoms with van der Waals surface area (Å²) in [6, 6.07) is 22.1. The molecular weight excluding hydrogens is 513 g/mol. The van der Waals surface area contributed by atoms with Gasteiger partial charge in [-0.1, -0.05) is 71.2 Å². The fraction of sp³-hybridized carbons (Fsp3) is 0.276. The summed E-state index contributed by atoms with van der Waals surface area (Å²) >= 11 is 18.6. The molecule has 186 valence electrons. The number of nitrogens with zero attached hydrogens (tertiary/aromatic N) is 2. The van der Waals surface area contributed by atoms with Crippen molar-refractivity contribution in [3.8, 4) is 0 Å². The van der Waals surface area contributed by atoms with E-state index in [2.05, 4.69) is 28.1 Å². The standard InChI is InChI=1S/C29H28Cl3N3O/c30-23-5-3-4-20(14-23)18-35(24-9-10-24)19-29(36)34(17-21-8-11-26(31)27(32)15-21)13-12-22-16-33-28-7-2-1-6-25(22)28/h1-8,11,14-16,24,33H,9-10,12-13,17-19H2. The van der Waals surface area contributed by atoms with Crippen LogP contribution in [0, 0.1) is 0 Å². The van der Waals surface area contributed by atoms with Gasteiger partial charge in [0.1, 0.15) is 0 Å². The van der Waals surface area contributed by atoms with Gasteiger partial charge in [-0.25, -0.2) is 0 Å². The number of aromatic amines is 1. The molecule has 4 nitrogen and oxygen atoms in total. The number of hydrogen-bond donors (Lipinski definition) is 1. The molecule has 0 saturated heterocycles. The Morgan fingerprint density at radius 1 is 0.889 bits per heavy atom. The Labute approximate surface area is 226 Å². The number of carbonyl (C=O) groups excluding carboxylic acids is 1. The van der Waals surface area contributed by atoms with Crippen molar-refractivity contribution in [2.45, 2.75) is 38.4 Å². The third-order valence-corrected chi connectivity index (χ3v) is 7.69. The van der Waals surface area contributed by atoms with Gasteiger partial charge < -0.3 is 9.88 Å². The molecule has 0 atom stereocenters. The van der Waals surface area contributed by atoms with E-state index in [0.717, 1.165) is 40.9 Å². The van der Waals surface area contributed by atoms with Gasteiger partial charge in [0.25, 0.3) is 0 Å². The molecule has 3 aromatic carbocycles. The highest BCUT2D eigenvalue weighted by atomic mass is 35.5. The Bertz CT molecular complexity index is 1360. The van der Waals surface area contributed by atoms with Gasteiger partial charge in [-0.15, -0.1) is 0 Å². The Hall–Kier alpha value is -2.50. The molecule has 0 unspecified atom stereocenters. The Morgan fingerprint density at radius 3 is 2.47 bits per heavy atom. The van der Waals surface area contributed by atoms with Gasteiger partial charge in [-0.05, 0) is 66.3 Å². The molecule has 0 spiro atoms. The van der Waals surface area contributed by atoms with Crippen LogP contribution >= 0.6 is 34.8 Å². The zero-order valence-electron chi connectivity index (χ0n) is 19.9. The first kappa shape index (κ1) is 25.2. The minimum absolute atomic E-state index is 0.106. The molecule has 4 aromatic rings. The number of aromatic nitrogens is 1. The number of rotatable bonds is 10. The maximum Gasteiger partial charge on any atom is 0.237 e. The van der Waals surface area contributed by atoms with E-state index in [0.29, 0.717) is 42.3 Å². The lowest BCUT2D eigenvalue weighted by molar-refractivity contribution is -0.133. The molecule has 1 fully saturated rings. The van der Waals surface area contributed by atoms with Gasteiger partial charge in [0.15, 0.2) is 0 Å². The Balaban J connectivity index is 1.34. The van der Waals surface area contributed by atoms with E-state index in [4.69, 9.17) is 34.8 Å². The first-order valence-electron chi connectivity index (χ1n) is 12.2. The largest absolute Gasteiger partial charge is 0.361 e. The van der Waals surface area contributed by atoms with E-state index in [-0.39, 0.29) is 5.91 Å². The lowest BCUT2D eigenvalue weighted by Gasteiger charge is -2.28. The third kappa shape index (κ3) is 6.24. The van der Waals surface area contributed by atoms with Crippen LogP contribution in [0.5, 0.6) is 0 Å². The van der Waals surface area contributed by atoms with Crippen molar-refractivity contribution in [1.82, 2.24) is 14.8 Å². The number of fused-ring (bicyclic) bond motifs is 1. The van der Waals surface area contributed by atoms with Gasteiger partial charge in [-0.2, -0.15) is 0 Å². The average molecular weight is 541 g/mol. The van der Waals surface area contributed by atoms with Crippen LogP contribution in [-0.2, 0) is 24.3 Å². The first-order chi connectivity index (χ1) is 17.5. The maximum atomic E-state index is 13.7. The topological polar surface area (TPSA) is 39.3 Å². The smallest absolute Gasteiger partial charge is 0.237 e. The molecule has 1 aliphatic rings. The highest BCUT2D eigenvalue weighted by Crippen LogP contribution is 2.29. The van der Waals surface area contributed by atoms with Crippen LogP contribution in [0.4, 0.5) is 0 Å². The van der Waals surface area contributed by atoms with Crippen molar-refractivity contribution < 1.29 is 4.79 Å². The van der Waals surface area contributed by atoms with Crippen LogP contribution < -0.4 is 0 Å². The molecule has 1 N–H and O–H groups in total. The van der Waals surface area contributed by atoms with Gasteiger partial charge in [-0.3, -0.25) is 9.69 Å². The van der Waals surface area contributed by atoms with E-state index >= 15 is 0 Å². The minimum Gasteiger partial charge on any atom is -0.361 e. The lowest BCUT2D eigenvalue weighted by Crippen LogP contribution is -2.41. The number of para-hydroxylation sites is 1. The molecule has 7 heteroatoms. The molecule has 1 saturated carbocycles. The molecule has 5 rings (SSSR count). The third-order valence-electron chi connectivity index (χ3n) is 6.71. The van der Waals surface area contributed by atoms with Crippen molar-refractivity contribution >= 4 is 51.6 Å². The minimum atomic E-state index is 0.106.